The van der Waals surface area contributed by atoms with Gasteiger partial charge in [0.2, 0.25) is 6.17 Å². The molecule has 0 bridgehead atoms. The lowest BCUT2D eigenvalue weighted by Crippen LogP contribution is -2.02. The van der Waals surface area contributed by atoms with Gasteiger partial charge in [0.1, 0.15) is 0 Å². The lowest BCUT2D eigenvalue weighted by molar-refractivity contribution is 0.366. The molecule has 2 nitrogen and oxygen atoms in total. The SMILES string of the molecule is CCCCCCCCCCCCCC(CCCCCCCCCCC)CCCCC[C+]1N=CC=N1. The summed E-state index contributed by atoms with van der Waals surface area (Å²) in [6.07, 6.45) is 43.3. The van der Waals surface area contributed by atoms with Gasteiger partial charge in [0.25, 0.3) is 0 Å². The van der Waals surface area contributed by atoms with Crippen molar-refractivity contribution in [3.63, 3.8) is 0 Å². The molecule has 1 aliphatic heterocycles. The zero-order chi connectivity index (χ0) is 25.1. The van der Waals surface area contributed by atoms with Crippen molar-refractivity contribution >= 4 is 12.4 Å². The molecule has 0 saturated heterocycles. The lowest BCUT2D eigenvalue weighted by Gasteiger charge is -2.17. The minimum Gasteiger partial charge on any atom is -0.0968 e. The van der Waals surface area contributed by atoms with Gasteiger partial charge in [0.15, 0.2) is 12.4 Å². The molecule has 0 amide bonds. The van der Waals surface area contributed by atoms with Gasteiger partial charge in [-0.15, -0.1) is 0 Å². The molecule has 0 spiro atoms. The predicted octanol–water partition coefficient (Wildman–Crippen LogP) is 11.8. The average molecular weight is 488 g/mol. The molecular formula is C33H63N2+. The van der Waals surface area contributed by atoms with Crippen molar-refractivity contribution in [1.29, 1.82) is 0 Å². The zero-order valence-corrected chi connectivity index (χ0v) is 24.2. The molecule has 0 aromatic carbocycles. The molecule has 1 atom stereocenters. The van der Waals surface area contributed by atoms with Crippen LogP contribution < -0.4 is 0 Å². The van der Waals surface area contributed by atoms with Crippen LogP contribution in [0.15, 0.2) is 9.98 Å². The average Bonchev–Trinajstić information content (AvgIpc) is 3.39. The van der Waals surface area contributed by atoms with Gasteiger partial charge >= 0.3 is 0 Å². The molecule has 0 aliphatic carbocycles. The van der Waals surface area contributed by atoms with Gasteiger partial charge in [-0.05, 0) is 12.3 Å². The van der Waals surface area contributed by atoms with E-state index in [4.69, 9.17) is 0 Å². The molecule has 0 aromatic heterocycles. The molecule has 1 heterocycles. The number of rotatable bonds is 28. The van der Waals surface area contributed by atoms with Crippen LogP contribution in [0.5, 0.6) is 0 Å². The summed E-state index contributed by atoms with van der Waals surface area (Å²) in [5.41, 5.74) is 0. The smallest absolute Gasteiger partial charge is 0.0968 e. The summed E-state index contributed by atoms with van der Waals surface area (Å²) in [4.78, 5) is 8.63. The minimum atomic E-state index is 0.980. The molecule has 35 heavy (non-hydrogen) atoms. The third kappa shape index (κ3) is 22.2. The van der Waals surface area contributed by atoms with Crippen molar-refractivity contribution in [3.05, 3.63) is 6.17 Å². The molecule has 0 fully saturated rings. The Morgan fingerprint density at radius 3 is 1.11 bits per heavy atom. The van der Waals surface area contributed by atoms with Crippen molar-refractivity contribution in [1.82, 2.24) is 0 Å². The van der Waals surface area contributed by atoms with Crippen molar-refractivity contribution in [2.24, 2.45) is 15.9 Å². The molecule has 204 valence electrons. The van der Waals surface area contributed by atoms with E-state index in [9.17, 15) is 0 Å². The standard InChI is InChI=1S/C33H63N2/c1-3-5-7-9-11-13-14-16-18-20-23-27-32(26-22-19-17-15-12-10-8-6-4-2)28-24-21-25-29-33-34-30-31-35-33/h30-32H,3-29H2,1-2H3/q+1. The van der Waals surface area contributed by atoms with Crippen LogP contribution in [0.3, 0.4) is 0 Å². The Kier molecular flexibility index (Phi) is 24.2. The highest BCUT2D eigenvalue weighted by atomic mass is 15.0. The summed E-state index contributed by atoms with van der Waals surface area (Å²) in [6.45, 7) is 4.62. The summed E-state index contributed by atoms with van der Waals surface area (Å²) in [6, 6.07) is 0. The fourth-order valence-corrected chi connectivity index (χ4v) is 5.57. The monoisotopic (exact) mass is 487 g/mol. The van der Waals surface area contributed by atoms with Crippen LogP contribution in [0, 0.1) is 12.1 Å². The maximum absolute atomic E-state index is 4.32. The quantitative estimate of drug-likeness (QED) is 0.0774. The van der Waals surface area contributed by atoms with Crippen molar-refractivity contribution in [3.8, 4) is 0 Å². The Hall–Kier alpha value is -0.790. The summed E-state index contributed by atoms with van der Waals surface area (Å²) in [7, 11) is 0. The molecule has 0 radical (unpaired) electrons. The first kappa shape index (κ1) is 32.2. The Bertz CT molecular complexity index is 458. The fraction of sp³-hybridized carbons (Fsp3) is 0.909. The topological polar surface area (TPSA) is 24.7 Å². The van der Waals surface area contributed by atoms with Crippen molar-refractivity contribution < 1.29 is 0 Å². The Labute approximate surface area is 221 Å². The van der Waals surface area contributed by atoms with Crippen LogP contribution in [0.25, 0.3) is 0 Å². The second-order valence-corrected chi connectivity index (χ2v) is 11.4. The van der Waals surface area contributed by atoms with Gasteiger partial charge in [-0.2, -0.15) is 0 Å². The first-order chi connectivity index (χ1) is 17.4. The molecule has 1 aliphatic rings. The molecule has 0 aromatic rings. The van der Waals surface area contributed by atoms with E-state index in [0.717, 1.165) is 18.5 Å². The van der Waals surface area contributed by atoms with Gasteiger partial charge in [-0.1, -0.05) is 184 Å². The summed E-state index contributed by atoms with van der Waals surface area (Å²) >= 11 is 0. The van der Waals surface area contributed by atoms with Crippen LogP contribution in [0.4, 0.5) is 0 Å². The highest BCUT2D eigenvalue weighted by Gasteiger charge is 2.15. The Balaban J connectivity index is 2.07. The Morgan fingerprint density at radius 1 is 0.429 bits per heavy atom. The van der Waals surface area contributed by atoms with Crippen molar-refractivity contribution in [2.75, 3.05) is 0 Å². The second-order valence-electron chi connectivity index (χ2n) is 11.4. The van der Waals surface area contributed by atoms with E-state index in [0.29, 0.717) is 0 Å². The van der Waals surface area contributed by atoms with E-state index in [-0.39, 0.29) is 0 Å². The molecule has 0 saturated carbocycles. The van der Waals surface area contributed by atoms with Crippen LogP contribution in [0.1, 0.15) is 187 Å². The molecule has 1 unspecified atom stereocenters. The van der Waals surface area contributed by atoms with Gasteiger partial charge in [0, 0.05) is 0 Å². The van der Waals surface area contributed by atoms with Crippen molar-refractivity contribution in [2.45, 2.75) is 187 Å². The first-order valence-electron chi connectivity index (χ1n) is 16.3. The van der Waals surface area contributed by atoms with E-state index < -0.39 is 0 Å². The van der Waals surface area contributed by atoms with E-state index in [1.807, 2.05) is 12.4 Å². The van der Waals surface area contributed by atoms with Crippen LogP contribution in [0.2, 0.25) is 0 Å². The predicted molar refractivity (Wildman–Crippen MR) is 160 cm³/mol. The van der Waals surface area contributed by atoms with E-state index in [1.165, 1.54) is 167 Å². The number of hydrogen-bond acceptors (Lipinski definition) is 2. The zero-order valence-electron chi connectivity index (χ0n) is 24.2. The normalized spacial score (nSPS) is 13.8. The summed E-state index contributed by atoms with van der Waals surface area (Å²) in [5, 5.41) is 0. The summed E-state index contributed by atoms with van der Waals surface area (Å²) < 4.78 is 0. The minimum absolute atomic E-state index is 0.980. The number of aliphatic imine (C=N–C) groups is 2. The summed E-state index contributed by atoms with van der Waals surface area (Å²) in [5.74, 6) is 0.980. The highest BCUT2D eigenvalue weighted by molar-refractivity contribution is 6.18. The van der Waals surface area contributed by atoms with Crippen LogP contribution in [-0.4, -0.2) is 12.4 Å². The molecule has 1 rings (SSSR count). The van der Waals surface area contributed by atoms with Gasteiger partial charge < -0.3 is 0 Å². The lowest BCUT2D eigenvalue weighted by atomic mass is 9.89. The van der Waals surface area contributed by atoms with Crippen LogP contribution >= 0.6 is 0 Å². The van der Waals surface area contributed by atoms with Gasteiger partial charge in [-0.25, -0.2) is 0 Å². The first-order valence-corrected chi connectivity index (χ1v) is 16.3. The maximum atomic E-state index is 4.32. The maximum Gasteiger partial charge on any atom is 0.240 e. The van der Waals surface area contributed by atoms with E-state index in [2.05, 4.69) is 23.8 Å². The highest BCUT2D eigenvalue weighted by Crippen LogP contribution is 2.25. The third-order valence-electron chi connectivity index (χ3n) is 7.96. The molecule has 0 N–H and O–H groups in total. The van der Waals surface area contributed by atoms with E-state index in [1.54, 1.807) is 0 Å². The van der Waals surface area contributed by atoms with Gasteiger partial charge in [-0.3, -0.25) is 0 Å². The number of nitrogens with zero attached hydrogens (tertiary/aromatic N) is 2. The van der Waals surface area contributed by atoms with E-state index >= 15 is 0 Å². The largest absolute Gasteiger partial charge is 0.240 e. The molecular weight excluding hydrogens is 424 g/mol. The second kappa shape index (κ2) is 26.3. The number of unbranched alkanes of at least 4 members (excludes halogenated alkanes) is 20. The van der Waals surface area contributed by atoms with Crippen LogP contribution in [-0.2, 0) is 0 Å². The Morgan fingerprint density at radius 2 is 0.743 bits per heavy atom. The molecule has 2 heteroatoms. The number of hydrogen-bond donors (Lipinski definition) is 0. The fourth-order valence-electron chi connectivity index (χ4n) is 5.57. The van der Waals surface area contributed by atoms with Gasteiger partial charge in [0.05, 0.1) is 6.42 Å². The third-order valence-corrected chi connectivity index (χ3v) is 7.96.